The number of nitrogens with zero attached hydrogens (tertiary/aromatic N) is 1. The van der Waals surface area contributed by atoms with Crippen molar-refractivity contribution < 1.29 is 14.5 Å². The number of nitrogens with one attached hydrogen (secondary N) is 1. The smallest absolute Gasteiger partial charge is 0.312 e. The molecule has 4 fully saturated rings. The standard InChI is InChI=1S/C18H21ClN2O4/c19-14-1-2-16(15(6-14)21(23)24)25-10-17(22)20-18-7-11-3-12(8-18)5-13(4-11)9-18/h1-2,6,11-13H,3-5,7-10H2,(H,20,22). The van der Waals surface area contributed by atoms with Gasteiger partial charge in [-0.15, -0.1) is 0 Å². The van der Waals surface area contributed by atoms with Crippen molar-refractivity contribution >= 4 is 23.2 Å². The Morgan fingerprint density at radius 1 is 1.24 bits per heavy atom. The molecule has 1 aromatic rings. The van der Waals surface area contributed by atoms with Gasteiger partial charge in [-0.2, -0.15) is 0 Å². The average molecular weight is 365 g/mol. The van der Waals surface area contributed by atoms with Crippen molar-refractivity contribution in [1.29, 1.82) is 0 Å². The van der Waals surface area contributed by atoms with Crippen molar-refractivity contribution in [3.8, 4) is 5.75 Å². The predicted molar refractivity (Wildman–Crippen MR) is 92.6 cm³/mol. The van der Waals surface area contributed by atoms with Gasteiger partial charge in [0.15, 0.2) is 12.4 Å². The highest BCUT2D eigenvalue weighted by Crippen LogP contribution is 2.55. The summed E-state index contributed by atoms with van der Waals surface area (Å²) in [6.07, 6.45) is 7.11. The first kappa shape index (κ1) is 16.6. The summed E-state index contributed by atoms with van der Waals surface area (Å²) in [7, 11) is 0. The molecule has 6 nitrogen and oxygen atoms in total. The van der Waals surface area contributed by atoms with E-state index in [4.69, 9.17) is 16.3 Å². The van der Waals surface area contributed by atoms with Crippen LogP contribution in [0.2, 0.25) is 5.02 Å². The molecule has 0 atom stereocenters. The largest absolute Gasteiger partial charge is 0.477 e. The van der Waals surface area contributed by atoms with Crippen LogP contribution in [0, 0.1) is 27.9 Å². The lowest BCUT2D eigenvalue weighted by Gasteiger charge is -2.56. The number of halogens is 1. The Labute approximate surface area is 151 Å². The van der Waals surface area contributed by atoms with Crippen molar-refractivity contribution in [2.24, 2.45) is 17.8 Å². The van der Waals surface area contributed by atoms with E-state index in [0.717, 1.165) is 37.0 Å². The van der Waals surface area contributed by atoms with Crippen molar-refractivity contribution in [3.05, 3.63) is 33.3 Å². The Hall–Kier alpha value is -1.82. The predicted octanol–water partition coefficient (Wildman–Crippen LogP) is 3.71. The van der Waals surface area contributed by atoms with E-state index in [1.807, 2.05) is 0 Å². The third-order valence-electron chi connectivity index (χ3n) is 5.92. The summed E-state index contributed by atoms with van der Waals surface area (Å²) in [5, 5.41) is 14.5. The Morgan fingerprint density at radius 3 is 2.40 bits per heavy atom. The molecule has 0 spiro atoms. The van der Waals surface area contributed by atoms with E-state index in [9.17, 15) is 14.9 Å². The number of nitro benzene ring substituents is 1. The first-order chi connectivity index (χ1) is 11.9. The van der Waals surface area contributed by atoms with Gasteiger partial charge in [-0.3, -0.25) is 14.9 Å². The molecule has 25 heavy (non-hydrogen) atoms. The first-order valence-corrected chi connectivity index (χ1v) is 9.18. The van der Waals surface area contributed by atoms with Crippen molar-refractivity contribution in [1.82, 2.24) is 5.32 Å². The monoisotopic (exact) mass is 364 g/mol. The molecule has 0 unspecified atom stereocenters. The van der Waals surface area contributed by atoms with Crippen LogP contribution in [-0.4, -0.2) is 23.0 Å². The molecule has 0 radical (unpaired) electrons. The van der Waals surface area contributed by atoms with Crippen molar-refractivity contribution in [2.45, 2.75) is 44.1 Å². The third-order valence-corrected chi connectivity index (χ3v) is 6.15. The molecular weight excluding hydrogens is 344 g/mol. The lowest BCUT2D eigenvalue weighted by molar-refractivity contribution is -0.385. The number of carbonyl (C=O) groups is 1. The van der Waals surface area contributed by atoms with E-state index < -0.39 is 4.92 Å². The van der Waals surface area contributed by atoms with E-state index in [2.05, 4.69) is 5.32 Å². The summed E-state index contributed by atoms with van der Waals surface area (Å²) in [6, 6.07) is 4.17. The highest BCUT2D eigenvalue weighted by molar-refractivity contribution is 6.30. The molecule has 5 rings (SSSR count). The molecule has 1 N–H and O–H groups in total. The van der Waals surface area contributed by atoms with E-state index in [1.165, 1.54) is 37.5 Å². The maximum Gasteiger partial charge on any atom is 0.312 e. The van der Waals surface area contributed by atoms with Crippen LogP contribution in [0.5, 0.6) is 5.75 Å². The minimum Gasteiger partial charge on any atom is -0.477 e. The van der Waals surface area contributed by atoms with Crippen LogP contribution in [-0.2, 0) is 4.79 Å². The molecule has 0 aliphatic heterocycles. The molecule has 134 valence electrons. The second-order valence-electron chi connectivity index (χ2n) is 7.90. The summed E-state index contributed by atoms with van der Waals surface area (Å²) < 4.78 is 5.42. The minimum absolute atomic E-state index is 0.0649. The van der Waals surface area contributed by atoms with Crippen LogP contribution < -0.4 is 10.1 Å². The summed E-state index contributed by atoms with van der Waals surface area (Å²) in [6.45, 7) is -0.218. The number of ether oxygens (including phenoxy) is 1. The van der Waals surface area contributed by atoms with Crippen LogP contribution in [0.25, 0.3) is 0 Å². The Kier molecular flexibility index (Phi) is 4.10. The summed E-state index contributed by atoms with van der Waals surface area (Å²) in [4.78, 5) is 22.9. The first-order valence-electron chi connectivity index (χ1n) is 8.80. The molecule has 4 aliphatic carbocycles. The fourth-order valence-electron chi connectivity index (χ4n) is 5.49. The number of benzene rings is 1. The SMILES string of the molecule is O=C(COc1ccc(Cl)cc1[N+](=O)[O-])NC12CC3CC(CC(C3)C1)C2. The van der Waals surface area contributed by atoms with E-state index in [1.54, 1.807) is 0 Å². The number of carbonyl (C=O) groups excluding carboxylic acids is 1. The Bertz CT molecular complexity index is 686. The maximum atomic E-state index is 12.4. The molecule has 0 heterocycles. The van der Waals surface area contributed by atoms with Gasteiger partial charge in [0.2, 0.25) is 0 Å². The number of rotatable bonds is 5. The third kappa shape index (κ3) is 3.32. The molecule has 0 aromatic heterocycles. The summed E-state index contributed by atoms with van der Waals surface area (Å²) >= 11 is 5.79. The molecule has 1 aromatic carbocycles. The number of amides is 1. The minimum atomic E-state index is -0.557. The fourth-order valence-corrected chi connectivity index (χ4v) is 5.66. The number of nitro groups is 1. The molecule has 7 heteroatoms. The van der Waals surface area contributed by atoms with Gasteiger partial charge in [0, 0.05) is 16.6 Å². The van der Waals surface area contributed by atoms with Gasteiger partial charge < -0.3 is 10.1 Å². The zero-order valence-electron chi connectivity index (χ0n) is 13.9. The quantitative estimate of drug-likeness (QED) is 0.637. The van der Waals surface area contributed by atoms with Gasteiger partial charge in [0.1, 0.15) is 0 Å². The van der Waals surface area contributed by atoms with Crippen molar-refractivity contribution in [3.63, 3.8) is 0 Å². The second-order valence-corrected chi connectivity index (χ2v) is 8.34. The van der Waals surface area contributed by atoms with Gasteiger partial charge >= 0.3 is 5.69 Å². The molecule has 4 saturated carbocycles. The zero-order valence-corrected chi connectivity index (χ0v) is 14.6. The molecule has 0 saturated heterocycles. The van der Waals surface area contributed by atoms with Crippen LogP contribution in [0.1, 0.15) is 38.5 Å². The van der Waals surface area contributed by atoms with Gasteiger partial charge in [0.05, 0.1) is 4.92 Å². The molecule has 4 aliphatic rings. The fraction of sp³-hybridized carbons (Fsp3) is 0.611. The van der Waals surface area contributed by atoms with Gasteiger partial charge in [-0.25, -0.2) is 0 Å². The topological polar surface area (TPSA) is 81.5 Å². The van der Waals surface area contributed by atoms with Crippen LogP contribution in [0.4, 0.5) is 5.69 Å². The highest BCUT2D eigenvalue weighted by Gasteiger charge is 2.51. The van der Waals surface area contributed by atoms with Crippen LogP contribution in [0.3, 0.4) is 0 Å². The lowest BCUT2D eigenvalue weighted by atomic mass is 9.53. The summed E-state index contributed by atoms with van der Waals surface area (Å²) in [5.74, 6) is 2.08. The number of hydrogen-bond acceptors (Lipinski definition) is 4. The van der Waals surface area contributed by atoms with Crippen LogP contribution >= 0.6 is 11.6 Å². The van der Waals surface area contributed by atoms with E-state index >= 15 is 0 Å². The van der Waals surface area contributed by atoms with Gasteiger partial charge in [-0.1, -0.05) is 11.6 Å². The molecule has 1 amide bonds. The maximum absolute atomic E-state index is 12.4. The second kappa shape index (κ2) is 6.16. The number of hydrogen-bond donors (Lipinski definition) is 1. The van der Waals surface area contributed by atoms with E-state index in [0.29, 0.717) is 0 Å². The van der Waals surface area contributed by atoms with Gasteiger partial charge in [-0.05, 0) is 68.4 Å². The molecule has 4 bridgehead atoms. The highest BCUT2D eigenvalue weighted by atomic mass is 35.5. The Balaban J connectivity index is 1.40. The van der Waals surface area contributed by atoms with Gasteiger partial charge in [0.25, 0.3) is 5.91 Å². The average Bonchev–Trinajstić information content (AvgIpc) is 2.51. The van der Waals surface area contributed by atoms with E-state index in [-0.39, 0.29) is 34.5 Å². The summed E-state index contributed by atoms with van der Waals surface area (Å²) in [5.41, 5.74) is -0.309. The van der Waals surface area contributed by atoms with Crippen molar-refractivity contribution in [2.75, 3.05) is 6.61 Å². The lowest BCUT2D eigenvalue weighted by Crippen LogP contribution is -2.60. The Morgan fingerprint density at radius 2 is 1.84 bits per heavy atom. The van der Waals surface area contributed by atoms with Crippen LogP contribution in [0.15, 0.2) is 18.2 Å². The normalized spacial score (nSPS) is 32.4. The molecular formula is C18H21ClN2O4. The zero-order chi connectivity index (χ0) is 17.6.